The number of rotatable bonds is 6. The zero-order valence-corrected chi connectivity index (χ0v) is 20.1. The van der Waals surface area contributed by atoms with E-state index in [9.17, 15) is 22.8 Å². The third-order valence-electron chi connectivity index (χ3n) is 5.57. The number of amides is 1. The van der Waals surface area contributed by atoms with Gasteiger partial charge in [0.2, 0.25) is 5.91 Å². The van der Waals surface area contributed by atoms with Crippen molar-refractivity contribution >= 4 is 29.0 Å². The summed E-state index contributed by atoms with van der Waals surface area (Å²) in [6.45, 7) is 5.34. The minimum atomic E-state index is -4.64. The predicted molar refractivity (Wildman–Crippen MR) is 127 cm³/mol. The highest BCUT2D eigenvalue weighted by Crippen LogP contribution is 2.35. The van der Waals surface area contributed by atoms with Crippen LogP contribution in [0.5, 0.6) is 0 Å². The second kappa shape index (κ2) is 10.4. The number of carbonyl (C=O) groups excluding carboxylic acids is 1. The Hall–Kier alpha value is -3.52. The largest absolute Gasteiger partial charge is 0.417 e. The maximum absolute atomic E-state index is 13.6. The lowest BCUT2D eigenvalue weighted by Crippen LogP contribution is -2.33. The molecule has 0 spiro atoms. The Bertz CT molecular complexity index is 1280. The number of H-pyrrole nitrogens is 1. The van der Waals surface area contributed by atoms with Crippen molar-refractivity contribution in [3.8, 4) is 12.3 Å². The summed E-state index contributed by atoms with van der Waals surface area (Å²) >= 11 is 6.17. The van der Waals surface area contributed by atoms with Gasteiger partial charge in [-0.3, -0.25) is 14.3 Å². The van der Waals surface area contributed by atoms with Crippen molar-refractivity contribution in [1.29, 1.82) is 0 Å². The quantitative estimate of drug-likeness (QED) is 0.456. The molecule has 0 aliphatic carbocycles. The molecule has 0 unspecified atom stereocenters. The van der Waals surface area contributed by atoms with E-state index in [2.05, 4.69) is 20.6 Å². The fourth-order valence-electron chi connectivity index (χ4n) is 3.72. The first-order valence-corrected chi connectivity index (χ1v) is 11.1. The fraction of sp³-hybridized carbons (Fsp3) is 0.391. The smallest absolute Gasteiger partial charge is 0.364 e. The molecule has 12 heteroatoms. The van der Waals surface area contributed by atoms with Crippen molar-refractivity contribution in [3.05, 3.63) is 56.1 Å². The van der Waals surface area contributed by atoms with E-state index < -0.39 is 17.3 Å². The van der Waals surface area contributed by atoms with Crippen LogP contribution in [0, 0.1) is 18.3 Å². The van der Waals surface area contributed by atoms with Crippen LogP contribution < -0.4 is 15.8 Å². The maximum atomic E-state index is 13.6. The molecule has 0 bridgehead atoms. The molecule has 2 aromatic rings. The third-order valence-corrected chi connectivity index (χ3v) is 5.93. The van der Waals surface area contributed by atoms with E-state index in [1.165, 1.54) is 23.9 Å². The lowest BCUT2D eigenvalue weighted by Gasteiger charge is -2.30. The van der Waals surface area contributed by atoms with Gasteiger partial charge in [-0.2, -0.15) is 23.4 Å². The Morgan fingerprint density at radius 2 is 2.14 bits per heavy atom. The lowest BCUT2D eigenvalue weighted by atomic mass is 10.0. The number of alkyl halides is 3. The summed E-state index contributed by atoms with van der Waals surface area (Å²) < 4.78 is 42.3. The molecule has 2 N–H and O–H groups in total. The highest BCUT2D eigenvalue weighted by atomic mass is 35.5. The molecule has 0 atom stereocenters. The molecule has 8 nitrogen and oxygen atoms in total. The molecule has 1 aliphatic heterocycles. The fourth-order valence-corrected chi connectivity index (χ4v) is 3.93. The average Bonchev–Trinajstić information content (AvgIpc) is 3.13. The highest BCUT2D eigenvalue weighted by molar-refractivity contribution is 6.33. The van der Waals surface area contributed by atoms with Gasteiger partial charge in [0.25, 0.3) is 5.56 Å². The molecular formula is C23H24ClF3N6O2. The molecule has 35 heavy (non-hydrogen) atoms. The van der Waals surface area contributed by atoms with E-state index >= 15 is 0 Å². The minimum Gasteiger partial charge on any atom is -0.364 e. The summed E-state index contributed by atoms with van der Waals surface area (Å²) in [6, 6.07) is 0. The van der Waals surface area contributed by atoms with Crippen LogP contribution in [0.2, 0.25) is 5.02 Å². The van der Waals surface area contributed by atoms with Crippen molar-refractivity contribution in [1.82, 2.24) is 20.0 Å². The summed E-state index contributed by atoms with van der Waals surface area (Å²) in [6.07, 6.45) is 4.32. The van der Waals surface area contributed by atoms with Crippen molar-refractivity contribution < 1.29 is 18.0 Å². The molecule has 186 valence electrons. The average molecular weight is 509 g/mol. The standard InChI is InChI=1S/C23H24ClF3N6O2/c1-5-7-16(23(25,26)27)14(6-2)11-33-17-8-9-32(18-10-28-30-22(35)19(18)24)12-15(17)20(31-33)29-21(34)13(3)4/h1,6-7,10,13H,8-9,11-12H2,2-4H3,(H,30,35)(H,29,31,34)/b14-6-,16-7+. The van der Waals surface area contributed by atoms with Gasteiger partial charge in [0.05, 0.1) is 24.0 Å². The van der Waals surface area contributed by atoms with Crippen molar-refractivity contribution in [2.75, 3.05) is 16.8 Å². The van der Waals surface area contributed by atoms with Gasteiger partial charge in [-0.25, -0.2) is 5.10 Å². The zero-order chi connectivity index (χ0) is 25.9. The van der Waals surface area contributed by atoms with Crippen LogP contribution >= 0.6 is 11.6 Å². The van der Waals surface area contributed by atoms with E-state index in [4.69, 9.17) is 18.0 Å². The van der Waals surface area contributed by atoms with E-state index in [0.29, 0.717) is 36.0 Å². The third kappa shape index (κ3) is 5.59. The number of nitrogens with zero attached hydrogens (tertiary/aromatic N) is 4. The number of allylic oxidation sites excluding steroid dienone is 4. The van der Waals surface area contributed by atoms with E-state index in [-0.39, 0.29) is 41.3 Å². The molecule has 0 saturated carbocycles. The Labute approximate surface area is 204 Å². The van der Waals surface area contributed by atoms with Crippen LogP contribution in [-0.2, 0) is 24.3 Å². The summed E-state index contributed by atoms with van der Waals surface area (Å²) in [5.74, 6) is 1.55. The van der Waals surface area contributed by atoms with E-state index in [0.717, 1.165) is 0 Å². The molecule has 2 aromatic heterocycles. The summed E-state index contributed by atoms with van der Waals surface area (Å²) in [5, 5.41) is 13.2. The van der Waals surface area contributed by atoms with Crippen molar-refractivity contribution in [2.24, 2.45) is 5.92 Å². The molecule has 0 fully saturated rings. The Morgan fingerprint density at radius 3 is 2.74 bits per heavy atom. The van der Waals surface area contributed by atoms with Crippen LogP contribution in [-0.4, -0.2) is 38.6 Å². The number of carbonyl (C=O) groups is 1. The summed E-state index contributed by atoms with van der Waals surface area (Å²) in [5.41, 5.74) is 0.157. The second-order valence-electron chi connectivity index (χ2n) is 8.18. The van der Waals surface area contributed by atoms with Crippen molar-refractivity contribution in [2.45, 2.75) is 46.5 Å². The number of aromatic nitrogens is 4. The molecule has 3 rings (SSSR count). The van der Waals surface area contributed by atoms with Crippen LogP contribution in [0.4, 0.5) is 24.7 Å². The normalized spacial score (nSPS) is 14.7. The first-order chi connectivity index (χ1) is 16.5. The summed E-state index contributed by atoms with van der Waals surface area (Å²) in [7, 11) is 0. The number of anilines is 2. The topological polar surface area (TPSA) is 95.9 Å². The first kappa shape index (κ1) is 26.1. The number of nitrogens with one attached hydrogen (secondary N) is 2. The molecule has 0 saturated heterocycles. The van der Waals surface area contributed by atoms with Gasteiger partial charge in [0.15, 0.2) is 5.82 Å². The molecule has 1 aliphatic rings. The first-order valence-electron chi connectivity index (χ1n) is 10.7. The highest BCUT2D eigenvalue weighted by Gasteiger charge is 2.36. The number of terminal acetylenes is 1. The second-order valence-corrected chi connectivity index (χ2v) is 8.56. The Morgan fingerprint density at radius 1 is 1.43 bits per heavy atom. The van der Waals surface area contributed by atoms with Gasteiger partial charge in [0.1, 0.15) is 5.02 Å². The maximum Gasteiger partial charge on any atom is 0.417 e. The van der Waals surface area contributed by atoms with Crippen LogP contribution in [0.25, 0.3) is 0 Å². The molecule has 0 aromatic carbocycles. The van der Waals surface area contributed by atoms with Gasteiger partial charge < -0.3 is 10.2 Å². The van der Waals surface area contributed by atoms with Crippen LogP contribution in [0.3, 0.4) is 0 Å². The minimum absolute atomic E-state index is 0.0333. The van der Waals surface area contributed by atoms with Gasteiger partial charge in [0, 0.05) is 42.8 Å². The molecule has 3 heterocycles. The molecule has 1 amide bonds. The van der Waals surface area contributed by atoms with Crippen molar-refractivity contribution in [3.63, 3.8) is 0 Å². The van der Waals surface area contributed by atoms with Gasteiger partial charge in [-0.15, -0.1) is 6.42 Å². The Balaban J connectivity index is 2.04. The van der Waals surface area contributed by atoms with Gasteiger partial charge in [-0.1, -0.05) is 37.4 Å². The monoisotopic (exact) mass is 508 g/mol. The van der Waals surface area contributed by atoms with E-state index in [1.54, 1.807) is 18.7 Å². The van der Waals surface area contributed by atoms with E-state index in [1.807, 2.05) is 5.92 Å². The SMILES string of the molecule is C#C/C=C(\C(=C/C)Cn1nc(NC(=O)C(C)C)c2c1CCN(c1cn[nH]c(=O)c1Cl)C2)C(F)(F)F. The van der Waals surface area contributed by atoms with Crippen LogP contribution in [0.15, 0.2) is 34.3 Å². The molecule has 0 radical (unpaired) electrons. The number of hydrogen-bond acceptors (Lipinski definition) is 5. The number of hydrogen-bond donors (Lipinski definition) is 2. The number of halogens is 4. The Kier molecular flexibility index (Phi) is 7.75. The summed E-state index contributed by atoms with van der Waals surface area (Å²) in [4.78, 5) is 26.1. The zero-order valence-electron chi connectivity index (χ0n) is 19.3. The predicted octanol–water partition coefficient (Wildman–Crippen LogP) is 3.85. The number of fused-ring (bicyclic) bond motifs is 1. The molecular weight excluding hydrogens is 485 g/mol. The number of aromatic amines is 1. The van der Waals surface area contributed by atoms with Gasteiger partial charge >= 0.3 is 6.18 Å². The van der Waals surface area contributed by atoms with Crippen LogP contribution in [0.1, 0.15) is 32.0 Å². The van der Waals surface area contributed by atoms with Gasteiger partial charge in [-0.05, 0) is 12.5 Å². The lowest BCUT2D eigenvalue weighted by molar-refractivity contribution is -0.118.